The van der Waals surface area contributed by atoms with Crippen molar-refractivity contribution in [3.8, 4) is 5.75 Å². The minimum absolute atomic E-state index is 0.184. The number of hydrogen-bond acceptors (Lipinski definition) is 3. The number of nitrogens with two attached hydrogens (primary N) is 1. The monoisotopic (exact) mass is 291 g/mol. The third kappa shape index (κ3) is 5.33. The smallest absolute Gasteiger partial charge is 0.119 e. The van der Waals surface area contributed by atoms with Gasteiger partial charge in [-0.3, -0.25) is 0 Å². The molecule has 1 fully saturated rings. The molecule has 0 spiro atoms. The molecule has 3 heteroatoms. The largest absolute Gasteiger partial charge is 0.491 e. The van der Waals surface area contributed by atoms with E-state index < -0.39 is 0 Å². The number of benzene rings is 1. The summed E-state index contributed by atoms with van der Waals surface area (Å²) in [7, 11) is 0. The van der Waals surface area contributed by atoms with E-state index in [0.717, 1.165) is 31.4 Å². The summed E-state index contributed by atoms with van der Waals surface area (Å²) in [5, 5.41) is 0. The first kappa shape index (κ1) is 16.3. The van der Waals surface area contributed by atoms with Gasteiger partial charge in [-0.1, -0.05) is 32.9 Å². The summed E-state index contributed by atoms with van der Waals surface area (Å²) in [4.78, 5) is 0. The van der Waals surface area contributed by atoms with Crippen LogP contribution in [-0.2, 0) is 10.2 Å². The van der Waals surface area contributed by atoms with Gasteiger partial charge >= 0.3 is 0 Å². The van der Waals surface area contributed by atoms with Gasteiger partial charge in [0.25, 0.3) is 0 Å². The molecule has 0 heterocycles. The molecule has 2 rings (SSSR count). The quantitative estimate of drug-likeness (QED) is 0.842. The van der Waals surface area contributed by atoms with E-state index in [1.54, 1.807) is 0 Å². The zero-order valence-corrected chi connectivity index (χ0v) is 13.6. The van der Waals surface area contributed by atoms with E-state index in [2.05, 4.69) is 32.9 Å². The van der Waals surface area contributed by atoms with Crippen LogP contribution in [0.25, 0.3) is 0 Å². The lowest BCUT2D eigenvalue weighted by atomic mass is 9.87. The summed E-state index contributed by atoms with van der Waals surface area (Å²) in [6, 6.07) is 8.74. The van der Waals surface area contributed by atoms with E-state index in [-0.39, 0.29) is 5.41 Å². The Bertz CT molecular complexity index is 414. The van der Waals surface area contributed by atoms with Crippen LogP contribution < -0.4 is 10.5 Å². The normalized spacial score (nSPS) is 23.0. The number of ether oxygens (including phenoxy) is 2. The van der Waals surface area contributed by atoms with Crippen LogP contribution in [0.1, 0.15) is 52.0 Å². The maximum atomic E-state index is 5.89. The fraction of sp³-hybridized carbons (Fsp3) is 0.667. The predicted molar refractivity (Wildman–Crippen MR) is 86.8 cm³/mol. The summed E-state index contributed by atoms with van der Waals surface area (Å²) in [6.45, 7) is 7.91. The molecule has 0 aliphatic heterocycles. The Kier molecular flexibility index (Phi) is 5.65. The Labute approximate surface area is 128 Å². The minimum Gasteiger partial charge on any atom is -0.491 e. The van der Waals surface area contributed by atoms with Gasteiger partial charge in [-0.25, -0.2) is 0 Å². The van der Waals surface area contributed by atoms with E-state index in [0.29, 0.717) is 25.4 Å². The topological polar surface area (TPSA) is 44.5 Å². The molecular weight excluding hydrogens is 262 g/mol. The van der Waals surface area contributed by atoms with Crippen molar-refractivity contribution < 1.29 is 9.47 Å². The molecule has 0 radical (unpaired) electrons. The molecule has 0 unspecified atom stereocenters. The van der Waals surface area contributed by atoms with Crippen molar-refractivity contribution in [1.29, 1.82) is 0 Å². The van der Waals surface area contributed by atoms with Gasteiger partial charge in [0, 0.05) is 6.04 Å². The van der Waals surface area contributed by atoms with E-state index in [9.17, 15) is 0 Å². The number of rotatable bonds is 5. The molecule has 2 N–H and O–H groups in total. The molecule has 118 valence electrons. The van der Waals surface area contributed by atoms with E-state index in [4.69, 9.17) is 15.2 Å². The van der Waals surface area contributed by atoms with Crippen LogP contribution >= 0.6 is 0 Å². The van der Waals surface area contributed by atoms with Crippen LogP contribution in [0.15, 0.2) is 24.3 Å². The van der Waals surface area contributed by atoms with Gasteiger partial charge in [-0.15, -0.1) is 0 Å². The Morgan fingerprint density at radius 3 is 2.19 bits per heavy atom. The van der Waals surface area contributed by atoms with Crippen molar-refractivity contribution in [1.82, 2.24) is 0 Å². The maximum absolute atomic E-state index is 5.89. The van der Waals surface area contributed by atoms with Crippen LogP contribution in [0.5, 0.6) is 5.75 Å². The van der Waals surface area contributed by atoms with Gasteiger partial charge in [0.05, 0.1) is 12.7 Å². The van der Waals surface area contributed by atoms with Crippen molar-refractivity contribution in [2.24, 2.45) is 5.73 Å². The predicted octanol–water partition coefficient (Wildman–Crippen LogP) is 3.65. The van der Waals surface area contributed by atoms with Crippen molar-refractivity contribution in [2.45, 2.75) is 64.0 Å². The highest BCUT2D eigenvalue weighted by Crippen LogP contribution is 2.24. The molecule has 1 aliphatic rings. The second kappa shape index (κ2) is 7.28. The summed E-state index contributed by atoms with van der Waals surface area (Å²) >= 11 is 0. The Hall–Kier alpha value is -1.06. The van der Waals surface area contributed by atoms with Gasteiger partial charge in [-0.2, -0.15) is 0 Å². The van der Waals surface area contributed by atoms with E-state index in [1.807, 2.05) is 12.1 Å². The summed E-state index contributed by atoms with van der Waals surface area (Å²) < 4.78 is 11.6. The Morgan fingerprint density at radius 1 is 1.00 bits per heavy atom. The summed E-state index contributed by atoms with van der Waals surface area (Å²) in [5.74, 6) is 0.914. The second-order valence-corrected chi connectivity index (χ2v) is 7.03. The lowest BCUT2D eigenvalue weighted by molar-refractivity contribution is 0.0102. The van der Waals surface area contributed by atoms with Crippen molar-refractivity contribution in [3.63, 3.8) is 0 Å². The van der Waals surface area contributed by atoms with Gasteiger partial charge in [0.2, 0.25) is 0 Å². The molecule has 0 saturated heterocycles. The molecule has 0 atom stereocenters. The van der Waals surface area contributed by atoms with Crippen LogP contribution in [-0.4, -0.2) is 25.4 Å². The zero-order chi connectivity index (χ0) is 15.3. The standard InChI is InChI=1S/C18H29NO2/c1-18(2,3)14-4-8-16(9-5-14)20-12-13-21-17-10-6-15(19)7-11-17/h4-5,8-9,15,17H,6-7,10-13,19H2,1-3H3. The fourth-order valence-electron chi connectivity index (χ4n) is 2.68. The molecule has 1 saturated carbocycles. The average Bonchev–Trinajstić information content (AvgIpc) is 2.45. The SMILES string of the molecule is CC(C)(C)c1ccc(OCCOC2CCC(N)CC2)cc1. The second-order valence-electron chi connectivity index (χ2n) is 7.03. The first-order chi connectivity index (χ1) is 9.95. The van der Waals surface area contributed by atoms with Crippen molar-refractivity contribution in [3.05, 3.63) is 29.8 Å². The Balaban J connectivity index is 1.67. The lowest BCUT2D eigenvalue weighted by Crippen LogP contribution is -2.31. The number of hydrogen-bond donors (Lipinski definition) is 1. The molecule has 1 aromatic rings. The van der Waals surface area contributed by atoms with E-state index >= 15 is 0 Å². The molecule has 3 nitrogen and oxygen atoms in total. The van der Waals surface area contributed by atoms with Crippen molar-refractivity contribution in [2.75, 3.05) is 13.2 Å². The maximum Gasteiger partial charge on any atom is 0.119 e. The molecule has 1 aliphatic carbocycles. The molecule has 0 amide bonds. The van der Waals surface area contributed by atoms with E-state index in [1.165, 1.54) is 5.56 Å². The highest BCUT2D eigenvalue weighted by Gasteiger charge is 2.18. The molecular formula is C18H29NO2. The highest BCUT2D eigenvalue weighted by molar-refractivity contribution is 5.31. The van der Waals surface area contributed by atoms with Crippen LogP contribution in [0.3, 0.4) is 0 Å². The first-order valence-electron chi connectivity index (χ1n) is 8.05. The third-order valence-electron chi connectivity index (χ3n) is 4.14. The van der Waals surface area contributed by atoms with Crippen LogP contribution in [0.2, 0.25) is 0 Å². The van der Waals surface area contributed by atoms with Crippen LogP contribution in [0.4, 0.5) is 0 Å². The van der Waals surface area contributed by atoms with Gasteiger partial charge in [0.1, 0.15) is 12.4 Å². The third-order valence-corrected chi connectivity index (χ3v) is 4.14. The van der Waals surface area contributed by atoms with Gasteiger partial charge < -0.3 is 15.2 Å². The average molecular weight is 291 g/mol. The van der Waals surface area contributed by atoms with Crippen LogP contribution in [0, 0.1) is 0 Å². The zero-order valence-electron chi connectivity index (χ0n) is 13.6. The molecule has 21 heavy (non-hydrogen) atoms. The Morgan fingerprint density at radius 2 is 1.62 bits per heavy atom. The van der Waals surface area contributed by atoms with Gasteiger partial charge in [0.15, 0.2) is 0 Å². The highest BCUT2D eigenvalue weighted by atomic mass is 16.5. The summed E-state index contributed by atoms with van der Waals surface area (Å²) in [6.07, 6.45) is 4.71. The fourth-order valence-corrected chi connectivity index (χ4v) is 2.68. The first-order valence-corrected chi connectivity index (χ1v) is 8.05. The van der Waals surface area contributed by atoms with Gasteiger partial charge in [-0.05, 0) is 48.8 Å². The molecule has 0 bridgehead atoms. The molecule has 0 aromatic heterocycles. The lowest BCUT2D eigenvalue weighted by Gasteiger charge is -2.26. The summed E-state index contributed by atoms with van der Waals surface area (Å²) in [5.41, 5.74) is 7.40. The minimum atomic E-state index is 0.184. The molecule has 1 aromatic carbocycles. The van der Waals surface area contributed by atoms with Crippen molar-refractivity contribution >= 4 is 0 Å².